The molecule has 0 saturated carbocycles. The maximum Gasteiger partial charge on any atom is 0.277 e. The van der Waals surface area contributed by atoms with E-state index in [1.807, 2.05) is 32.9 Å². The van der Waals surface area contributed by atoms with Crippen molar-refractivity contribution >= 4 is 17.4 Å². The fourth-order valence-corrected chi connectivity index (χ4v) is 1.81. The van der Waals surface area contributed by atoms with Crippen LogP contribution in [0.3, 0.4) is 0 Å². The monoisotopic (exact) mass is 285 g/mol. The lowest BCUT2D eigenvalue weighted by molar-refractivity contribution is 0.102. The summed E-state index contributed by atoms with van der Waals surface area (Å²) in [5.41, 5.74) is 1.93. The number of pyridine rings is 1. The third-order valence-electron chi connectivity index (χ3n) is 2.97. The Balaban J connectivity index is 2.31. The Bertz CT molecular complexity index is 654. The number of amides is 1. The van der Waals surface area contributed by atoms with Crippen LogP contribution in [0.25, 0.3) is 0 Å². The third-order valence-corrected chi connectivity index (χ3v) is 2.97. The van der Waals surface area contributed by atoms with Gasteiger partial charge in [-0.1, -0.05) is 13.8 Å². The average Bonchev–Trinajstić information content (AvgIpc) is 2.46. The SMILES string of the molecule is CNc1cnc(C(C)C)nc1C(=O)Nc1cc(C)ccn1. The first-order valence-electron chi connectivity index (χ1n) is 6.80. The highest BCUT2D eigenvalue weighted by molar-refractivity contribution is 6.06. The fourth-order valence-electron chi connectivity index (χ4n) is 1.81. The first-order valence-corrected chi connectivity index (χ1v) is 6.80. The molecule has 0 atom stereocenters. The highest BCUT2D eigenvalue weighted by Crippen LogP contribution is 2.17. The molecule has 0 fully saturated rings. The summed E-state index contributed by atoms with van der Waals surface area (Å²) in [5.74, 6) is 0.990. The molecule has 1 amide bonds. The number of nitrogens with one attached hydrogen (secondary N) is 2. The van der Waals surface area contributed by atoms with Crippen LogP contribution in [0, 0.1) is 6.92 Å². The molecule has 0 unspecified atom stereocenters. The van der Waals surface area contributed by atoms with E-state index in [1.165, 1.54) is 0 Å². The van der Waals surface area contributed by atoms with Crippen LogP contribution in [0.1, 0.15) is 41.6 Å². The van der Waals surface area contributed by atoms with Crippen molar-refractivity contribution in [1.29, 1.82) is 0 Å². The highest BCUT2D eigenvalue weighted by Gasteiger charge is 2.16. The summed E-state index contributed by atoms with van der Waals surface area (Å²) >= 11 is 0. The Labute approximate surface area is 124 Å². The Kier molecular flexibility index (Phi) is 4.47. The zero-order valence-corrected chi connectivity index (χ0v) is 12.6. The molecule has 0 saturated heterocycles. The van der Waals surface area contributed by atoms with Gasteiger partial charge >= 0.3 is 0 Å². The van der Waals surface area contributed by atoms with E-state index in [1.54, 1.807) is 19.4 Å². The number of anilines is 2. The number of aryl methyl sites for hydroxylation is 1. The molecular weight excluding hydrogens is 266 g/mol. The molecule has 0 aliphatic heterocycles. The lowest BCUT2D eigenvalue weighted by Gasteiger charge is -2.11. The van der Waals surface area contributed by atoms with E-state index >= 15 is 0 Å². The van der Waals surface area contributed by atoms with E-state index < -0.39 is 0 Å². The van der Waals surface area contributed by atoms with Crippen LogP contribution in [-0.4, -0.2) is 27.9 Å². The average molecular weight is 285 g/mol. The van der Waals surface area contributed by atoms with E-state index in [0.29, 0.717) is 23.0 Å². The van der Waals surface area contributed by atoms with Crippen LogP contribution >= 0.6 is 0 Å². The maximum absolute atomic E-state index is 12.4. The molecule has 0 aromatic carbocycles. The molecule has 6 nitrogen and oxygen atoms in total. The summed E-state index contributed by atoms with van der Waals surface area (Å²) in [5, 5.41) is 5.69. The molecule has 0 aliphatic carbocycles. The molecule has 0 aliphatic rings. The second kappa shape index (κ2) is 6.30. The topological polar surface area (TPSA) is 79.8 Å². The number of carbonyl (C=O) groups excluding carboxylic acids is 1. The van der Waals surface area contributed by atoms with Gasteiger partial charge in [-0.25, -0.2) is 15.0 Å². The van der Waals surface area contributed by atoms with Gasteiger partial charge in [-0.05, 0) is 24.6 Å². The van der Waals surface area contributed by atoms with E-state index in [9.17, 15) is 4.79 Å². The van der Waals surface area contributed by atoms with Gasteiger partial charge in [0, 0.05) is 19.2 Å². The van der Waals surface area contributed by atoms with Gasteiger partial charge in [0.05, 0.1) is 11.9 Å². The van der Waals surface area contributed by atoms with Crippen LogP contribution in [0.5, 0.6) is 0 Å². The van der Waals surface area contributed by atoms with Gasteiger partial charge in [0.1, 0.15) is 11.6 Å². The van der Waals surface area contributed by atoms with Crippen molar-refractivity contribution in [2.75, 3.05) is 17.7 Å². The van der Waals surface area contributed by atoms with Crippen LogP contribution in [0.2, 0.25) is 0 Å². The van der Waals surface area contributed by atoms with E-state index in [2.05, 4.69) is 25.6 Å². The van der Waals surface area contributed by atoms with Crippen LogP contribution in [0.4, 0.5) is 11.5 Å². The number of hydrogen-bond donors (Lipinski definition) is 2. The minimum absolute atomic E-state index is 0.152. The van der Waals surface area contributed by atoms with Gasteiger partial charge in [-0.15, -0.1) is 0 Å². The lowest BCUT2D eigenvalue weighted by atomic mass is 10.2. The Morgan fingerprint density at radius 1 is 1.29 bits per heavy atom. The number of aromatic nitrogens is 3. The molecule has 110 valence electrons. The van der Waals surface area contributed by atoms with Gasteiger partial charge in [-0.2, -0.15) is 0 Å². The van der Waals surface area contributed by atoms with Crippen LogP contribution in [0.15, 0.2) is 24.5 Å². The molecule has 0 bridgehead atoms. The largest absolute Gasteiger partial charge is 0.385 e. The number of nitrogens with zero attached hydrogens (tertiary/aromatic N) is 3. The molecule has 2 rings (SSSR count). The number of carbonyl (C=O) groups is 1. The normalized spacial score (nSPS) is 10.5. The molecule has 0 spiro atoms. The van der Waals surface area contributed by atoms with Crippen molar-refractivity contribution in [3.63, 3.8) is 0 Å². The van der Waals surface area contributed by atoms with E-state index in [-0.39, 0.29) is 11.8 Å². The van der Waals surface area contributed by atoms with Crippen molar-refractivity contribution in [3.8, 4) is 0 Å². The molecule has 2 heterocycles. The maximum atomic E-state index is 12.4. The minimum atomic E-state index is -0.304. The third kappa shape index (κ3) is 3.53. The van der Waals surface area contributed by atoms with Gasteiger partial charge < -0.3 is 10.6 Å². The predicted molar refractivity (Wildman–Crippen MR) is 82.6 cm³/mol. The van der Waals surface area contributed by atoms with Crippen molar-refractivity contribution in [1.82, 2.24) is 15.0 Å². The fraction of sp³-hybridized carbons (Fsp3) is 0.333. The van der Waals surface area contributed by atoms with Crippen molar-refractivity contribution in [2.24, 2.45) is 0 Å². The van der Waals surface area contributed by atoms with Crippen molar-refractivity contribution in [3.05, 3.63) is 41.6 Å². The van der Waals surface area contributed by atoms with Crippen LogP contribution < -0.4 is 10.6 Å². The van der Waals surface area contributed by atoms with Gasteiger partial charge in [-0.3, -0.25) is 4.79 Å². The van der Waals surface area contributed by atoms with E-state index in [4.69, 9.17) is 0 Å². The molecule has 21 heavy (non-hydrogen) atoms. The summed E-state index contributed by atoms with van der Waals surface area (Å²) in [6.45, 7) is 5.91. The molecule has 0 radical (unpaired) electrons. The van der Waals surface area contributed by atoms with Gasteiger partial charge in [0.15, 0.2) is 5.69 Å². The summed E-state index contributed by atoms with van der Waals surface area (Å²) in [4.78, 5) is 25.1. The molecule has 2 aromatic rings. The lowest BCUT2D eigenvalue weighted by Crippen LogP contribution is -2.18. The number of rotatable bonds is 4. The number of hydrogen-bond acceptors (Lipinski definition) is 5. The minimum Gasteiger partial charge on any atom is -0.385 e. The summed E-state index contributed by atoms with van der Waals surface area (Å²) < 4.78 is 0. The zero-order valence-electron chi connectivity index (χ0n) is 12.6. The Morgan fingerprint density at radius 2 is 2.05 bits per heavy atom. The standard InChI is InChI=1S/C15H19N5O/c1-9(2)14-18-8-11(16-4)13(20-14)15(21)19-12-7-10(3)5-6-17-12/h5-9,16H,1-4H3,(H,17,19,21). The molecule has 6 heteroatoms. The van der Waals surface area contributed by atoms with E-state index in [0.717, 1.165) is 5.56 Å². The quantitative estimate of drug-likeness (QED) is 0.902. The van der Waals surface area contributed by atoms with Crippen molar-refractivity contribution in [2.45, 2.75) is 26.7 Å². The van der Waals surface area contributed by atoms with Crippen molar-refractivity contribution < 1.29 is 4.79 Å². The van der Waals surface area contributed by atoms with Gasteiger partial charge in [0.2, 0.25) is 0 Å². The van der Waals surface area contributed by atoms with Gasteiger partial charge in [0.25, 0.3) is 5.91 Å². The second-order valence-corrected chi connectivity index (χ2v) is 5.07. The zero-order chi connectivity index (χ0) is 15.4. The Hall–Kier alpha value is -2.50. The summed E-state index contributed by atoms with van der Waals surface area (Å²) in [7, 11) is 1.73. The highest BCUT2D eigenvalue weighted by atomic mass is 16.2. The second-order valence-electron chi connectivity index (χ2n) is 5.07. The first-order chi connectivity index (χ1) is 10.0. The Morgan fingerprint density at radius 3 is 2.67 bits per heavy atom. The molecule has 2 aromatic heterocycles. The summed E-state index contributed by atoms with van der Waals surface area (Å²) in [6.07, 6.45) is 3.28. The smallest absolute Gasteiger partial charge is 0.277 e. The summed E-state index contributed by atoms with van der Waals surface area (Å²) in [6, 6.07) is 3.68. The molecular formula is C15H19N5O. The predicted octanol–water partition coefficient (Wildman–Crippen LogP) is 2.60. The molecule has 2 N–H and O–H groups in total. The van der Waals surface area contributed by atoms with Crippen LogP contribution in [-0.2, 0) is 0 Å². The first kappa shape index (κ1) is 14.9.